The zero-order valence-corrected chi connectivity index (χ0v) is 17.0. The quantitative estimate of drug-likeness (QED) is 0.546. The third kappa shape index (κ3) is 3.62. The van der Waals surface area contributed by atoms with Gasteiger partial charge < -0.3 is 9.88 Å². The third-order valence-electron chi connectivity index (χ3n) is 6.13. The zero-order chi connectivity index (χ0) is 20.3. The number of pyridine rings is 1. The third-order valence-corrected chi connectivity index (χ3v) is 6.13. The predicted octanol–water partition coefficient (Wildman–Crippen LogP) is 4.34. The smallest absolute Gasteiger partial charge is 0.101 e. The van der Waals surface area contributed by atoms with Crippen LogP contribution in [0.5, 0.6) is 0 Å². The van der Waals surface area contributed by atoms with Gasteiger partial charge in [-0.1, -0.05) is 24.3 Å². The van der Waals surface area contributed by atoms with Crippen molar-refractivity contribution < 1.29 is 0 Å². The normalized spacial score (nSPS) is 15.0. The molecule has 2 aromatic carbocycles. The van der Waals surface area contributed by atoms with Crippen LogP contribution in [-0.4, -0.2) is 47.6 Å². The highest BCUT2D eigenvalue weighted by Gasteiger charge is 2.18. The molecule has 1 fully saturated rings. The highest BCUT2D eigenvalue weighted by atomic mass is 15.3. The molecule has 5 nitrogen and oxygen atoms in total. The fourth-order valence-electron chi connectivity index (χ4n) is 4.48. The van der Waals surface area contributed by atoms with E-state index in [1.54, 1.807) is 6.20 Å². The second kappa shape index (κ2) is 8.17. The van der Waals surface area contributed by atoms with Crippen molar-refractivity contribution in [3.63, 3.8) is 0 Å². The van der Waals surface area contributed by atoms with Gasteiger partial charge in [-0.2, -0.15) is 5.26 Å². The van der Waals surface area contributed by atoms with Crippen LogP contribution in [0.25, 0.3) is 21.8 Å². The number of benzene rings is 2. The number of H-pyrrole nitrogens is 1. The van der Waals surface area contributed by atoms with Gasteiger partial charge in [-0.25, -0.2) is 0 Å². The minimum Gasteiger partial charge on any atom is -0.367 e. The maximum atomic E-state index is 9.24. The van der Waals surface area contributed by atoms with Crippen molar-refractivity contribution in [3.8, 4) is 6.07 Å². The number of para-hydroxylation sites is 1. The van der Waals surface area contributed by atoms with Gasteiger partial charge in [-0.3, -0.25) is 9.88 Å². The summed E-state index contributed by atoms with van der Waals surface area (Å²) in [6.45, 7) is 5.35. The standard InChI is InChI=1S/C25H25N5/c26-17-21-18-28-23-9-8-19(16-22(21)23)4-3-11-29-12-14-30(15-13-29)24-7-1-5-20-6-2-10-27-25(20)24/h1-2,5-10,16,18,28H,3-4,11-15H2. The lowest BCUT2D eigenvalue weighted by molar-refractivity contribution is 0.255. The van der Waals surface area contributed by atoms with E-state index in [2.05, 4.69) is 68.3 Å². The van der Waals surface area contributed by atoms with Gasteiger partial charge in [0.05, 0.1) is 16.8 Å². The summed E-state index contributed by atoms with van der Waals surface area (Å²) in [5, 5.41) is 11.5. The van der Waals surface area contributed by atoms with Crippen molar-refractivity contribution in [2.45, 2.75) is 12.8 Å². The molecular weight excluding hydrogens is 370 g/mol. The molecular formula is C25H25N5. The number of rotatable bonds is 5. The van der Waals surface area contributed by atoms with Crippen LogP contribution in [0.1, 0.15) is 17.5 Å². The molecule has 1 aliphatic rings. The number of aryl methyl sites for hydroxylation is 1. The van der Waals surface area contributed by atoms with E-state index >= 15 is 0 Å². The number of anilines is 1. The number of piperazine rings is 1. The molecule has 0 atom stereocenters. The lowest BCUT2D eigenvalue weighted by atomic mass is 10.1. The summed E-state index contributed by atoms with van der Waals surface area (Å²) < 4.78 is 0. The average molecular weight is 396 g/mol. The molecule has 0 unspecified atom stereocenters. The van der Waals surface area contributed by atoms with Crippen LogP contribution >= 0.6 is 0 Å². The molecule has 0 radical (unpaired) electrons. The predicted molar refractivity (Wildman–Crippen MR) is 122 cm³/mol. The topological polar surface area (TPSA) is 59.0 Å². The van der Waals surface area contributed by atoms with Gasteiger partial charge >= 0.3 is 0 Å². The van der Waals surface area contributed by atoms with E-state index in [0.29, 0.717) is 0 Å². The molecule has 0 saturated carbocycles. The fourth-order valence-corrected chi connectivity index (χ4v) is 4.48. The van der Waals surface area contributed by atoms with Crippen molar-refractivity contribution in [2.75, 3.05) is 37.6 Å². The van der Waals surface area contributed by atoms with Crippen LogP contribution < -0.4 is 4.90 Å². The minimum absolute atomic E-state index is 0.728. The summed E-state index contributed by atoms with van der Waals surface area (Å²) in [5.41, 5.74) is 5.42. The van der Waals surface area contributed by atoms with Crippen molar-refractivity contribution in [1.82, 2.24) is 14.9 Å². The molecule has 2 aromatic heterocycles. The molecule has 1 saturated heterocycles. The van der Waals surface area contributed by atoms with Gasteiger partial charge in [0.1, 0.15) is 6.07 Å². The van der Waals surface area contributed by atoms with Crippen LogP contribution in [-0.2, 0) is 6.42 Å². The fraction of sp³-hybridized carbons (Fsp3) is 0.280. The molecule has 5 rings (SSSR count). The van der Waals surface area contributed by atoms with Crippen LogP contribution in [0, 0.1) is 11.3 Å². The molecule has 30 heavy (non-hydrogen) atoms. The van der Waals surface area contributed by atoms with Gasteiger partial charge in [-0.15, -0.1) is 0 Å². The number of fused-ring (bicyclic) bond motifs is 2. The van der Waals surface area contributed by atoms with E-state index in [-0.39, 0.29) is 0 Å². The van der Waals surface area contributed by atoms with Gasteiger partial charge in [-0.05, 0) is 49.2 Å². The molecule has 0 aliphatic carbocycles. The molecule has 1 N–H and O–H groups in total. The van der Waals surface area contributed by atoms with Crippen molar-refractivity contribution >= 4 is 27.5 Å². The molecule has 1 aliphatic heterocycles. The summed E-state index contributed by atoms with van der Waals surface area (Å²) in [6.07, 6.45) is 5.85. The number of hydrogen-bond acceptors (Lipinski definition) is 4. The summed E-state index contributed by atoms with van der Waals surface area (Å²) in [7, 11) is 0. The Morgan fingerprint density at radius 3 is 2.77 bits per heavy atom. The van der Waals surface area contributed by atoms with E-state index in [1.165, 1.54) is 16.6 Å². The Kier molecular flexibility index (Phi) is 5.08. The number of nitriles is 1. The number of aromatic amines is 1. The first-order valence-electron chi connectivity index (χ1n) is 10.6. The second-order valence-electron chi connectivity index (χ2n) is 7.98. The lowest BCUT2D eigenvalue weighted by Gasteiger charge is -2.36. The SMILES string of the molecule is N#Cc1c[nH]c2ccc(CCCN3CCN(c4cccc5cccnc45)CC3)cc12. The first kappa shape index (κ1) is 18.7. The number of nitrogens with zero attached hydrogens (tertiary/aromatic N) is 4. The summed E-state index contributed by atoms with van der Waals surface area (Å²) in [5.74, 6) is 0. The Balaban J connectivity index is 1.17. The molecule has 3 heterocycles. The molecule has 5 heteroatoms. The number of aromatic nitrogens is 2. The van der Waals surface area contributed by atoms with Gasteiger partial charge in [0, 0.05) is 54.9 Å². The van der Waals surface area contributed by atoms with Gasteiger partial charge in [0.25, 0.3) is 0 Å². The van der Waals surface area contributed by atoms with E-state index in [0.717, 1.165) is 67.5 Å². The largest absolute Gasteiger partial charge is 0.367 e. The Bertz CT molecular complexity index is 1210. The first-order chi connectivity index (χ1) is 14.8. The highest BCUT2D eigenvalue weighted by Crippen LogP contribution is 2.26. The Labute approximate surface area is 176 Å². The average Bonchev–Trinajstić information content (AvgIpc) is 3.22. The van der Waals surface area contributed by atoms with E-state index in [9.17, 15) is 5.26 Å². The zero-order valence-electron chi connectivity index (χ0n) is 17.0. The molecule has 0 bridgehead atoms. The van der Waals surface area contributed by atoms with Crippen LogP contribution in [0.2, 0.25) is 0 Å². The van der Waals surface area contributed by atoms with Gasteiger partial charge in [0.15, 0.2) is 0 Å². The molecule has 0 amide bonds. The van der Waals surface area contributed by atoms with Crippen LogP contribution in [0.15, 0.2) is 60.9 Å². The van der Waals surface area contributed by atoms with Crippen molar-refractivity contribution in [1.29, 1.82) is 5.26 Å². The van der Waals surface area contributed by atoms with Gasteiger partial charge in [0.2, 0.25) is 0 Å². The van der Waals surface area contributed by atoms with E-state index in [1.807, 2.05) is 12.3 Å². The summed E-state index contributed by atoms with van der Waals surface area (Å²) in [6, 6.07) is 19.3. The van der Waals surface area contributed by atoms with Crippen molar-refractivity contribution in [3.05, 3.63) is 72.1 Å². The molecule has 0 spiro atoms. The minimum atomic E-state index is 0.728. The van der Waals surface area contributed by atoms with Crippen LogP contribution in [0.3, 0.4) is 0 Å². The first-order valence-corrected chi connectivity index (χ1v) is 10.6. The highest BCUT2D eigenvalue weighted by molar-refractivity contribution is 5.90. The van der Waals surface area contributed by atoms with Crippen molar-refractivity contribution in [2.24, 2.45) is 0 Å². The van der Waals surface area contributed by atoms with E-state index < -0.39 is 0 Å². The second-order valence-corrected chi connectivity index (χ2v) is 7.98. The van der Waals surface area contributed by atoms with Crippen LogP contribution in [0.4, 0.5) is 5.69 Å². The lowest BCUT2D eigenvalue weighted by Crippen LogP contribution is -2.46. The number of hydrogen-bond donors (Lipinski definition) is 1. The Morgan fingerprint density at radius 1 is 1.03 bits per heavy atom. The molecule has 150 valence electrons. The molecule has 4 aromatic rings. The maximum absolute atomic E-state index is 9.24. The van der Waals surface area contributed by atoms with E-state index in [4.69, 9.17) is 0 Å². The monoisotopic (exact) mass is 395 g/mol. The Hall–Kier alpha value is -3.36. The maximum Gasteiger partial charge on any atom is 0.101 e. The number of nitrogens with one attached hydrogen (secondary N) is 1. The summed E-state index contributed by atoms with van der Waals surface area (Å²) >= 11 is 0. The summed E-state index contributed by atoms with van der Waals surface area (Å²) in [4.78, 5) is 12.8. The Morgan fingerprint density at radius 2 is 1.90 bits per heavy atom.